The number of allylic oxidation sites excluding steroid dienone is 2. The highest BCUT2D eigenvalue weighted by Gasteiger charge is 2.37. The number of aldehydes is 1. The minimum atomic E-state index is -1.42. The Hall–Kier alpha value is -1.76. The molecule has 1 rings (SSSR count). The number of hydrogen-bond acceptors (Lipinski definition) is 8. The number of rotatable bonds is 18. The number of nitrogens with two attached hydrogens (primary N) is 1. The summed E-state index contributed by atoms with van der Waals surface area (Å²) < 4.78 is 0. The zero-order valence-corrected chi connectivity index (χ0v) is 23.5. The Morgan fingerprint density at radius 3 is 2.47 bits per heavy atom. The minimum Gasteiger partial charge on any atom is -0.481 e. The highest BCUT2D eigenvalue weighted by atomic mass is 35.5. The summed E-state index contributed by atoms with van der Waals surface area (Å²) in [7, 11) is 0. The number of aliphatic hydroxyl groups is 2. The molecule has 2 amide bonds. The van der Waals surface area contributed by atoms with E-state index >= 15 is 0 Å². The monoisotopic (exact) mass is 580 g/mol. The molecule has 13 heteroatoms. The number of carbonyl (C=O) groups excluding carboxylic acids is 3. The number of amides is 2. The minimum absolute atomic E-state index is 0.00802. The molecule has 0 aromatic heterocycles. The van der Waals surface area contributed by atoms with Gasteiger partial charge in [-0.3, -0.25) is 19.7 Å². The van der Waals surface area contributed by atoms with Gasteiger partial charge in [-0.1, -0.05) is 25.4 Å². The van der Waals surface area contributed by atoms with Gasteiger partial charge in [-0.05, 0) is 56.6 Å². The summed E-state index contributed by atoms with van der Waals surface area (Å²) in [4.78, 5) is 48.4. The van der Waals surface area contributed by atoms with Gasteiger partial charge in [-0.15, -0.1) is 11.6 Å². The molecule has 38 heavy (non-hydrogen) atoms. The summed E-state index contributed by atoms with van der Waals surface area (Å²) in [5, 5.41) is 37.2. The lowest BCUT2D eigenvalue weighted by atomic mass is 9.79. The average molecular weight is 582 g/mol. The van der Waals surface area contributed by atoms with Crippen LogP contribution in [0, 0.1) is 17.8 Å². The first kappa shape index (κ1) is 34.3. The average Bonchev–Trinajstić information content (AvgIpc) is 2.87. The van der Waals surface area contributed by atoms with Crippen LogP contribution in [0.2, 0.25) is 0 Å². The van der Waals surface area contributed by atoms with Crippen LogP contribution in [0.25, 0.3) is 0 Å². The van der Waals surface area contributed by atoms with Gasteiger partial charge in [0.2, 0.25) is 11.8 Å². The summed E-state index contributed by atoms with van der Waals surface area (Å²) in [5.74, 6) is -3.30. The first-order valence-electron chi connectivity index (χ1n) is 13.0. The van der Waals surface area contributed by atoms with Crippen LogP contribution in [0.15, 0.2) is 10.6 Å². The maximum absolute atomic E-state index is 13.2. The van der Waals surface area contributed by atoms with Crippen molar-refractivity contribution < 1.29 is 34.5 Å². The van der Waals surface area contributed by atoms with Crippen LogP contribution in [0.5, 0.6) is 0 Å². The van der Waals surface area contributed by atoms with Crippen molar-refractivity contribution in [1.82, 2.24) is 16.0 Å². The van der Waals surface area contributed by atoms with Crippen molar-refractivity contribution in [3.8, 4) is 0 Å². The summed E-state index contributed by atoms with van der Waals surface area (Å²) in [6.45, 7) is 3.98. The molecule has 0 aromatic carbocycles. The number of alkyl halides is 1. The lowest BCUT2D eigenvalue weighted by molar-refractivity contribution is -0.139. The normalized spacial score (nSPS) is 22.8. The van der Waals surface area contributed by atoms with E-state index in [1.807, 2.05) is 13.8 Å². The maximum atomic E-state index is 13.2. The van der Waals surface area contributed by atoms with E-state index in [4.69, 9.17) is 34.0 Å². The van der Waals surface area contributed by atoms with Gasteiger partial charge in [-0.2, -0.15) is 0 Å². The molecule has 7 atom stereocenters. The molecule has 8 N–H and O–H groups in total. The number of aliphatic hydroxyl groups excluding tert-OH is 2. The van der Waals surface area contributed by atoms with Crippen molar-refractivity contribution in [2.75, 3.05) is 19.7 Å². The zero-order chi connectivity index (χ0) is 28.8. The van der Waals surface area contributed by atoms with E-state index in [0.717, 1.165) is 5.57 Å². The predicted molar refractivity (Wildman–Crippen MR) is 144 cm³/mol. The lowest BCUT2D eigenvalue weighted by Gasteiger charge is -2.34. The lowest BCUT2D eigenvalue weighted by Crippen LogP contribution is -2.55. The number of hydrogen-bond donors (Lipinski definition) is 7. The van der Waals surface area contributed by atoms with Crippen LogP contribution in [0.3, 0.4) is 0 Å². The first-order valence-corrected chi connectivity index (χ1v) is 13.8. The molecule has 0 radical (unpaired) electrons. The Balaban J connectivity index is 2.91. The molecule has 0 aliphatic heterocycles. The molecule has 1 aliphatic rings. The van der Waals surface area contributed by atoms with Gasteiger partial charge >= 0.3 is 5.97 Å². The third-order valence-corrected chi connectivity index (χ3v) is 7.93. The number of carboxylic acids is 1. The molecule has 1 aliphatic carbocycles. The second kappa shape index (κ2) is 17.8. The third kappa shape index (κ3) is 10.8. The van der Waals surface area contributed by atoms with Crippen molar-refractivity contribution in [1.29, 1.82) is 0 Å². The van der Waals surface area contributed by atoms with E-state index < -0.39 is 48.4 Å². The standard InChI is InChI=1S/C25H42Cl2N4O7/c1-3-17-19(26)11-18(14(2)22(17)27)24(37)29-12-15(6-5-9-32)23(36)31-20(7-4-8-28)25(38)30-16(13-33)10-21(34)35/h13-16,18,20,22,25,30,32,38H,3-12,28H2,1-2H3,(H,29,37)(H,31,36)(H,34,35). The van der Waals surface area contributed by atoms with Gasteiger partial charge in [0.15, 0.2) is 0 Å². The molecule has 0 saturated carbocycles. The molecule has 11 nitrogen and oxygen atoms in total. The smallest absolute Gasteiger partial charge is 0.305 e. The molecule has 0 heterocycles. The van der Waals surface area contributed by atoms with Crippen molar-refractivity contribution in [3.63, 3.8) is 0 Å². The topological polar surface area (TPSA) is 191 Å². The van der Waals surface area contributed by atoms with E-state index in [0.29, 0.717) is 37.0 Å². The van der Waals surface area contributed by atoms with E-state index in [2.05, 4.69) is 16.0 Å². The van der Waals surface area contributed by atoms with E-state index in [9.17, 15) is 29.4 Å². The van der Waals surface area contributed by atoms with Crippen molar-refractivity contribution in [2.45, 2.75) is 82.5 Å². The fraction of sp³-hybridized carbons (Fsp3) is 0.760. The van der Waals surface area contributed by atoms with E-state index in [1.54, 1.807) is 0 Å². The summed E-state index contributed by atoms with van der Waals surface area (Å²) >= 11 is 12.9. The quantitative estimate of drug-likeness (QED) is 0.0698. The Kier molecular flexibility index (Phi) is 16.0. The van der Waals surface area contributed by atoms with Gasteiger partial charge in [0.1, 0.15) is 12.5 Å². The highest BCUT2D eigenvalue weighted by molar-refractivity contribution is 6.32. The summed E-state index contributed by atoms with van der Waals surface area (Å²) in [6, 6.07) is -2.03. The fourth-order valence-electron chi connectivity index (χ4n) is 4.53. The van der Waals surface area contributed by atoms with Crippen molar-refractivity contribution in [2.24, 2.45) is 23.5 Å². The van der Waals surface area contributed by atoms with E-state index in [-0.39, 0.29) is 49.7 Å². The summed E-state index contributed by atoms with van der Waals surface area (Å²) in [5.41, 5.74) is 6.51. The molecular weight excluding hydrogens is 539 g/mol. The first-order chi connectivity index (χ1) is 18.0. The van der Waals surface area contributed by atoms with Crippen molar-refractivity contribution >= 4 is 47.3 Å². The maximum Gasteiger partial charge on any atom is 0.305 e. The van der Waals surface area contributed by atoms with Crippen LogP contribution in [0.1, 0.15) is 58.8 Å². The summed E-state index contributed by atoms with van der Waals surface area (Å²) in [6.07, 6.45) is 0.767. The molecule has 0 spiro atoms. The fourth-order valence-corrected chi connectivity index (χ4v) is 5.47. The molecule has 0 aromatic rings. The van der Waals surface area contributed by atoms with Gasteiger partial charge in [0, 0.05) is 24.1 Å². The van der Waals surface area contributed by atoms with Gasteiger partial charge in [-0.25, -0.2) is 0 Å². The second-order valence-corrected chi connectivity index (χ2v) is 10.6. The van der Waals surface area contributed by atoms with Crippen LogP contribution in [-0.2, 0) is 19.2 Å². The molecule has 0 fully saturated rings. The van der Waals surface area contributed by atoms with Crippen LogP contribution >= 0.6 is 23.2 Å². The van der Waals surface area contributed by atoms with Gasteiger partial charge in [0.25, 0.3) is 0 Å². The van der Waals surface area contributed by atoms with E-state index in [1.165, 1.54) is 0 Å². The SMILES string of the molecule is CCC1=C(Cl)CC(C(=O)NCC(CCCO)C(=O)NC(CCCN)C(O)NC(C=O)CC(=O)O)C(C)C1Cl. The van der Waals surface area contributed by atoms with Gasteiger partial charge < -0.3 is 36.5 Å². The third-order valence-electron chi connectivity index (χ3n) is 6.87. The largest absolute Gasteiger partial charge is 0.481 e. The Bertz CT molecular complexity index is 830. The Morgan fingerprint density at radius 1 is 1.24 bits per heavy atom. The van der Waals surface area contributed by atoms with Crippen LogP contribution < -0.4 is 21.7 Å². The number of halogens is 2. The molecule has 7 unspecified atom stereocenters. The zero-order valence-electron chi connectivity index (χ0n) is 22.0. The van der Waals surface area contributed by atoms with Crippen LogP contribution in [-0.4, -0.2) is 82.8 Å². The molecule has 218 valence electrons. The highest BCUT2D eigenvalue weighted by Crippen LogP contribution is 2.40. The Labute approximate surface area is 233 Å². The number of nitrogens with one attached hydrogen (secondary N) is 3. The second-order valence-electron chi connectivity index (χ2n) is 9.66. The number of aliphatic carboxylic acids is 1. The molecule has 0 bridgehead atoms. The number of carboxylic acid groups (broad SMARTS) is 1. The Morgan fingerprint density at radius 2 is 1.92 bits per heavy atom. The molecule has 0 saturated heterocycles. The predicted octanol–water partition coefficient (Wildman–Crippen LogP) is 0.832. The van der Waals surface area contributed by atoms with Gasteiger partial charge in [0.05, 0.1) is 29.8 Å². The molecular formula is C25H42Cl2N4O7. The van der Waals surface area contributed by atoms with Crippen LogP contribution in [0.4, 0.5) is 0 Å². The van der Waals surface area contributed by atoms with Crippen molar-refractivity contribution in [3.05, 3.63) is 10.6 Å². The number of carbonyl (C=O) groups is 4.